The minimum Gasteiger partial charge on any atom is -0.478 e. The van der Waals surface area contributed by atoms with Gasteiger partial charge in [0.15, 0.2) is 5.78 Å². The van der Waals surface area contributed by atoms with Crippen molar-refractivity contribution in [2.24, 2.45) is 0 Å². The molecular weight excluding hydrogens is 524 g/mol. The normalized spacial score (nSPS) is 13.3. The zero-order valence-electron chi connectivity index (χ0n) is 23.8. The molecule has 0 aromatic heterocycles. The van der Waals surface area contributed by atoms with E-state index in [4.69, 9.17) is 0 Å². The fourth-order valence-electron chi connectivity index (χ4n) is 5.80. The van der Waals surface area contributed by atoms with Crippen molar-refractivity contribution >= 4 is 35.2 Å². The average molecular weight is 557 g/mol. The summed E-state index contributed by atoms with van der Waals surface area (Å²) in [6.07, 6.45) is 1.87. The Balaban J connectivity index is 1.76. The van der Waals surface area contributed by atoms with E-state index in [1.165, 1.54) is 42.4 Å². The second-order valence-corrected chi connectivity index (χ2v) is 11.0. The number of carbonyl (C=O) groups is 5. The fourth-order valence-corrected chi connectivity index (χ4v) is 5.80. The van der Waals surface area contributed by atoms with E-state index in [-0.39, 0.29) is 38.8 Å². The van der Waals surface area contributed by atoms with Gasteiger partial charge >= 0.3 is 11.9 Å². The number of carbonyl (C=O) groups excluding carboxylic acids is 3. The first-order valence-corrected chi connectivity index (χ1v) is 13.2. The second kappa shape index (κ2) is 10.6. The predicted molar refractivity (Wildman–Crippen MR) is 154 cm³/mol. The van der Waals surface area contributed by atoms with Gasteiger partial charge in [0.1, 0.15) is 0 Å². The minimum absolute atomic E-state index is 0.00593. The molecule has 9 nitrogen and oxygen atoms in total. The zero-order valence-corrected chi connectivity index (χ0v) is 23.8. The summed E-state index contributed by atoms with van der Waals surface area (Å²) in [5.41, 5.74) is 5.09. The molecule has 4 rings (SSSR count). The van der Waals surface area contributed by atoms with Gasteiger partial charge in [-0.1, -0.05) is 26.0 Å². The van der Waals surface area contributed by atoms with E-state index in [1.807, 2.05) is 20.8 Å². The number of benzene rings is 3. The summed E-state index contributed by atoms with van der Waals surface area (Å²) in [5, 5.41) is 24.5. The highest BCUT2D eigenvalue weighted by Crippen LogP contribution is 2.45. The third-order valence-electron chi connectivity index (χ3n) is 8.10. The molecule has 212 valence electrons. The van der Waals surface area contributed by atoms with E-state index in [2.05, 4.69) is 24.5 Å². The molecule has 0 unspecified atom stereocenters. The topological polar surface area (TPSA) is 150 Å². The van der Waals surface area contributed by atoms with Gasteiger partial charge in [-0.25, -0.2) is 9.59 Å². The molecule has 1 aliphatic rings. The molecule has 0 atom stereocenters. The van der Waals surface area contributed by atoms with Crippen molar-refractivity contribution in [3.8, 4) is 0 Å². The number of rotatable bonds is 7. The Morgan fingerprint density at radius 2 is 1.24 bits per heavy atom. The highest BCUT2D eigenvalue weighted by atomic mass is 16.4. The largest absolute Gasteiger partial charge is 0.478 e. The van der Waals surface area contributed by atoms with Gasteiger partial charge in [-0.2, -0.15) is 0 Å². The van der Waals surface area contributed by atoms with Crippen LogP contribution in [0.25, 0.3) is 0 Å². The van der Waals surface area contributed by atoms with Crippen LogP contribution in [-0.4, -0.2) is 46.8 Å². The van der Waals surface area contributed by atoms with E-state index < -0.39 is 29.5 Å². The quantitative estimate of drug-likeness (QED) is 0.297. The Labute approximate surface area is 237 Å². The van der Waals surface area contributed by atoms with E-state index in [0.29, 0.717) is 5.69 Å². The van der Waals surface area contributed by atoms with Crippen molar-refractivity contribution in [2.45, 2.75) is 52.9 Å². The number of anilines is 1. The number of aromatic carboxylic acids is 2. The summed E-state index contributed by atoms with van der Waals surface area (Å²) >= 11 is 0. The van der Waals surface area contributed by atoms with Gasteiger partial charge in [0.25, 0.3) is 11.8 Å². The van der Waals surface area contributed by atoms with Crippen LogP contribution in [0, 0.1) is 20.8 Å². The number of carboxylic acids is 2. The van der Waals surface area contributed by atoms with Crippen LogP contribution in [0.5, 0.6) is 0 Å². The first-order chi connectivity index (χ1) is 19.2. The van der Waals surface area contributed by atoms with Crippen LogP contribution in [0.4, 0.5) is 5.69 Å². The molecule has 41 heavy (non-hydrogen) atoms. The summed E-state index contributed by atoms with van der Waals surface area (Å²) in [5.74, 6) is -4.63. The summed E-state index contributed by atoms with van der Waals surface area (Å²) in [6, 6.07) is 7.26. The first kappa shape index (κ1) is 29.2. The van der Waals surface area contributed by atoms with Gasteiger partial charge < -0.3 is 20.8 Å². The summed E-state index contributed by atoms with van der Waals surface area (Å²) < 4.78 is 0. The molecule has 2 amide bonds. The van der Waals surface area contributed by atoms with Crippen LogP contribution < -0.4 is 10.6 Å². The number of ketones is 1. The molecule has 0 heterocycles. The van der Waals surface area contributed by atoms with Gasteiger partial charge in [-0.15, -0.1) is 0 Å². The van der Waals surface area contributed by atoms with Crippen LogP contribution in [0.2, 0.25) is 0 Å². The van der Waals surface area contributed by atoms with E-state index in [0.717, 1.165) is 41.7 Å². The molecular formula is C32H32N2O7. The van der Waals surface area contributed by atoms with Crippen molar-refractivity contribution in [1.82, 2.24) is 5.32 Å². The number of amides is 2. The van der Waals surface area contributed by atoms with Crippen LogP contribution in [0.3, 0.4) is 0 Å². The Kier molecular flexibility index (Phi) is 7.58. The van der Waals surface area contributed by atoms with Gasteiger partial charge in [-0.05, 0) is 91.1 Å². The maximum atomic E-state index is 13.6. The van der Waals surface area contributed by atoms with Gasteiger partial charge in [0, 0.05) is 23.9 Å². The van der Waals surface area contributed by atoms with E-state index in [9.17, 15) is 34.2 Å². The van der Waals surface area contributed by atoms with Crippen molar-refractivity contribution in [3.05, 3.63) is 97.6 Å². The standard InChI is InChI=1S/C32H32N2O7/c1-15-16(2)26(17(3)20-11-12-32(4,5)25(15)20)34-29(37)24-14-19(8-10-22(24)31(40)41)27(35)18-7-9-21(30(38)39)23(13-18)28(36)33-6/h7-10,13-14H,11-12H2,1-6H3,(H,33,36)(H,34,37)(H,38,39)(H,40,41). The smallest absolute Gasteiger partial charge is 0.336 e. The lowest BCUT2D eigenvalue weighted by molar-refractivity contribution is 0.0683. The number of nitrogens with one attached hydrogen (secondary N) is 2. The highest BCUT2D eigenvalue weighted by Gasteiger charge is 2.34. The molecule has 0 saturated carbocycles. The molecule has 9 heteroatoms. The Hall–Kier alpha value is -4.79. The number of hydrogen-bond donors (Lipinski definition) is 4. The summed E-state index contributed by atoms with van der Waals surface area (Å²) in [6.45, 7) is 10.3. The maximum absolute atomic E-state index is 13.6. The molecule has 0 radical (unpaired) electrons. The molecule has 0 saturated heterocycles. The van der Waals surface area contributed by atoms with Crippen molar-refractivity contribution < 1.29 is 34.2 Å². The van der Waals surface area contributed by atoms with Crippen LogP contribution in [-0.2, 0) is 11.8 Å². The van der Waals surface area contributed by atoms with Crippen LogP contribution in [0.15, 0.2) is 36.4 Å². The van der Waals surface area contributed by atoms with Crippen molar-refractivity contribution in [3.63, 3.8) is 0 Å². The first-order valence-electron chi connectivity index (χ1n) is 13.2. The van der Waals surface area contributed by atoms with Gasteiger partial charge in [0.2, 0.25) is 0 Å². The van der Waals surface area contributed by atoms with E-state index >= 15 is 0 Å². The van der Waals surface area contributed by atoms with Crippen LogP contribution in [0.1, 0.15) is 105 Å². The highest BCUT2D eigenvalue weighted by molar-refractivity contribution is 6.16. The Morgan fingerprint density at radius 1 is 0.732 bits per heavy atom. The molecule has 3 aromatic rings. The Morgan fingerprint density at radius 3 is 1.73 bits per heavy atom. The van der Waals surface area contributed by atoms with E-state index in [1.54, 1.807) is 0 Å². The maximum Gasteiger partial charge on any atom is 0.336 e. The molecule has 0 fully saturated rings. The number of fused-ring (bicyclic) bond motifs is 1. The van der Waals surface area contributed by atoms with Crippen molar-refractivity contribution in [1.29, 1.82) is 0 Å². The SMILES string of the molecule is CNC(=O)c1cc(C(=O)c2ccc(C(=O)O)c(C(=O)Nc3c(C)c(C)c4c(c3C)CCC4(C)C)c2)ccc1C(=O)O. The number of carboxylic acid groups (broad SMARTS) is 2. The summed E-state index contributed by atoms with van der Waals surface area (Å²) in [7, 11) is 1.34. The summed E-state index contributed by atoms with van der Waals surface area (Å²) in [4.78, 5) is 62.8. The third kappa shape index (κ3) is 5.11. The van der Waals surface area contributed by atoms with Crippen molar-refractivity contribution in [2.75, 3.05) is 12.4 Å². The van der Waals surface area contributed by atoms with Crippen LogP contribution >= 0.6 is 0 Å². The molecule has 0 bridgehead atoms. The second-order valence-electron chi connectivity index (χ2n) is 11.0. The zero-order chi connectivity index (χ0) is 30.4. The lowest BCUT2D eigenvalue weighted by Gasteiger charge is -2.25. The number of hydrogen-bond acceptors (Lipinski definition) is 5. The third-order valence-corrected chi connectivity index (χ3v) is 8.10. The predicted octanol–water partition coefficient (Wildman–Crippen LogP) is 5.07. The molecule has 0 spiro atoms. The lowest BCUT2D eigenvalue weighted by atomic mass is 9.81. The lowest BCUT2D eigenvalue weighted by Crippen LogP contribution is -2.22. The Bertz CT molecular complexity index is 1670. The monoisotopic (exact) mass is 556 g/mol. The fraction of sp³-hybridized carbons (Fsp3) is 0.281. The van der Waals surface area contributed by atoms with Gasteiger partial charge in [-0.3, -0.25) is 14.4 Å². The average Bonchev–Trinajstić information content (AvgIpc) is 3.27. The molecule has 1 aliphatic carbocycles. The molecule has 3 aromatic carbocycles. The minimum atomic E-state index is -1.33. The van der Waals surface area contributed by atoms with Gasteiger partial charge in [0.05, 0.1) is 22.3 Å². The molecule has 4 N–H and O–H groups in total. The molecule has 0 aliphatic heterocycles.